The summed E-state index contributed by atoms with van der Waals surface area (Å²) >= 11 is 0. The highest BCUT2D eigenvalue weighted by atomic mass is 16.5. The number of nitrogens with one attached hydrogen (secondary N) is 1. The maximum Gasteiger partial charge on any atom is 0.330 e. The lowest BCUT2D eigenvalue weighted by molar-refractivity contribution is -0.134. The van der Waals surface area contributed by atoms with Gasteiger partial charge >= 0.3 is 5.97 Å². The second-order valence-electron chi connectivity index (χ2n) is 8.15. The van der Waals surface area contributed by atoms with E-state index in [-0.39, 0.29) is 5.91 Å². The first-order chi connectivity index (χ1) is 15.4. The first-order valence-electron chi connectivity index (χ1n) is 10.7. The number of ether oxygens (including phenoxy) is 1. The highest BCUT2D eigenvalue weighted by molar-refractivity contribution is 5.97. The van der Waals surface area contributed by atoms with Crippen LogP contribution >= 0.6 is 0 Å². The molecule has 0 saturated carbocycles. The number of benzene rings is 3. The van der Waals surface area contributed by atoms with E-state index in [4.69, 9.17) is 4.74 Å². The van der Waals surface area contributed by atoms with E-state index in [1.165, 1.54) is 24.3 Å². The molecule has 1 amide bonds. The first-order valence-corrected chi connectivity index (χ1v) is 10.7. The maximum absolute atomic E-state index is 12.9. The van der Waals surface area contributed by atoms with Gasteiger partial charge in [0.2, 0.25) is 0 Å². The lowest BCUT2D eigenvalue weighted by atomic mass is 9.96. The van der Waals surface area contributed by atoms with Gasteiger partial charge in [-0.1, -0.05) is 67.9 Å². The van der Waals surface area contributed by atoms with Gasteiger partial charge in [0.25, 0.3) is 5.91 Å². The third kappa shape index (κ3) is 6.17. The molecule has 0 radical (unpaired) electrons. The average molecular weight is 428 g/mol. The summed E-state index contributed by atoms with van der Waals surface area (Å²) in [5, 5.41) is 2.99. The maximum atomic E-state index is 12.9. The van der Waals surface area contributed by atoms with Crippen molar-refractivity contribution in [3.8, 4) is 11.1 Å². The van der Waals surface area contributed by atoms with Crippen LogP contribution in [-0.2, 0) is 16.1 Å². The number of amides is 1. The minimum atomic E-state index is -0.443. The zero-order valence-electron chi connectivity index (χ0n) is 19.0. The van der Waals surface area contributed by atoms with E-state index < -0.39 is 5.97 Å². The summed E-state index contributed by atoms with van der Waals surface area (Å²) in [6, 6.07) is 22.0. The monoisotopic (exact) mass is 427 g/mol. The molecule has 3 rings (SSSR count). The Morgan fingerprint density at radius 2 is 1.62 bits per heavy atom. The van der Waals surface area contributed by atoms with Crippen LogP contribution in [0.3, 0.4) is 0 Å². The number of methoxy groups -OCH3 is 1. The molecule has 3 aromatic rings. The summed E-state index contributed by atoms with van der Waals surface area (Å²) in [4.78, 5) is 24.5. The molecule has 0 spiro atoms. The van der Waals surface area contributed by atoms with Gasteiger partial charge in [0.05, 0.1) is 7.11 Å². The van der Waals surface area contributed by atoms with Gasteiger partial charge in [-0.25, -0.2) is 4.79 Å². The Morgan fingerprint density at radius 1 is 0.938 bits per heavy atom. The van der Waals surface area contributed by atoms with Gasteiger partial charge in [0.1, 0.15) is 0 Å². The van der Waals surface area contributed by atoms with Crippen LogP contribution in [0, 0.1) is 6.92 Å². The molecule has 0 unspecified atom stereocenters. The van der Waals surface area contributed by atoms with Crippen molar-refractivity contribution in [1.82, 2.24) is 5.32 Å². The number of carbonyl (C=O) groups is 2. The zero-order chi connectivity index (χ0) is 23.1. The molecule has 0 bridgehead atoms. The van der Waals surface area contributed by atoms with Gasteiger partial charge in [-0.05, 0) is 64.9 Å². The summed E-state index contributed by atoms with van der Waals surface area (Å²) in [6.07, 6.45) is 3.02. The second kappa shape index (κ2) is 10.6. The average Bonchev–Trinajstić information content (AvgIpc) is 2.81. The Kier molecular flexibility index (Phi) is 7.61. The molecule has 0 saturated heterocycles. The standard InChI is InChI=1S/C28H29NO3/c1-19(2)23-10-12-24(13-11-23)25-15-22(9-14-27(30)32-4)16-26(17-25)28(31)29-18-21-7-5-20(3)6-8-21/h5-17,19H,18H2,1-4H3,(H,29,31)/b14-9+. The number of hydrogen-bond acceptors (Lipinski definition) is 3. The first kappa shape index (κ1) is 23.0. The molecule has 3 aromatic carbocycles. The van der Waals surface area contributed by atoms with Gasteiger partial charge in [-0.15, -0.1) is 0 Å². The number of rotatable bonds is 7. The number of aryl methyl sites for hydroxylation is 1. The SMILES string of the molecule is COC(=O)/C=C/c1cc(C(=O)NCc2ccc(C)cc2)cc(-c2ccc(C(C)C)cc2)c1. The predicted molar refractivity (Wildman–Crippen MR) is 129 cm³/mol. The highest BCUT2D eigenvalue weighted by Gasteiger charge is 2.10. The Balaban J connectivity index is 1.90. The van der Waals surface area contributed by atoms with Crippen molar-refractivity contribution >= 4 is 18.0 Å². The molecule has 4 nitrogen and oxygen atoms in total. The molecule has 0 atom stereocenters. The lowest BCUT2D eigenvalue weighted by Gasteiger charge is -2.11. The van der Waals surface area contributed by atoms with Crippen LogP contribution < -0.4 is 5.32 Å². The molecule has 32 heavy (non-hydrogen) atoms. The Bertz CT molecular complexity index is 1110. The summed E-state index contributed by atoms with van der Waals surface area (Å²) in [6.45, 7) is 6.79. The van der Waals surface area contributed by atoms with E-state index in [2.05, 4.69) is 43.4 Å². The predicted octanol–water partition coefficient (Wildman–Crippen LogP) is 5.90. The molecular weight excluding hydrogens is 398 g/mol. The van der Waals surface area contributed by atoms with E-state index in [9.17, 15) is 9.59 Å². The summed E-state index contributed by atoms with van der Waals surface area (Å²) in [7, 11) is 1.34. The normalized spacial score (nSPS) is 11.0. The summed E-state index contributed by atoms with van der Waals surface area (Å²) in [5.41, 5.74) is 6.68. The molecule has 164 valence electrons. The Hall–Kier alpha value is -3.66. The van der Waals surface area contributed by atoms with Gasteiger partial charge in [-0.2, -0.15) is 0 Å². The molecule has 4 heteroatoms. The van der Waals surface area contributed by atoms with Crippen molar-refractivity contribution in [2.75, 3.05) is 7.11 Å². The van der Waals surface area contributed by atoms with Crippen LogP contribution in [0.5, 0.6) is 0 Å². The number of carbonyl (C=O) groups excluding carboxylic acids is 2. The van der Waals surface area contributed by atoms with Gasteiger partial charge < -0.3 is 10.1 Å². The Morgan fingerprint density at radius 3 is 2.25 bits per heavy atom. The van der Waals surface area contributed by atoms with Crippen molar-refractivity contribution in [3.05, 3.63) is 101 Å². The molecule has 0 heterocycles. The number of hydrogen-bond donors (Lipinski definition) is 1. The zero-order valence-corrected chi connectivity index (χ0v) is 19.0. The molecule has 0 aliphatic heterocycles. The van der Waals surface area contributed by atoms with Crippen LogP contribution in [0.4, 0.5) is 0 Å². The van der Waals surface area contributed by atoms with E-state index in [0.29, 0.717) is 18.0 Å². The third-order valence-corrected chi connectivity index (χ3v) is 5.31. The third-order valence-electron chi connectivity index (χ3n) is 5.31. The fourth-order valence-electron chi connectivity index (χ4n) is 3.33. The quantitative estimate of drug-likeness (QED) is 0.377. The minimum absolute atomic E-state index is 0.168. The molecular formula is C28H29NO3. The number of esters is 1. The van der Waals surface area contributed by atoms with Gasteiger partial charge in [0, 0.05) is 18.2 Å². The topological polar surface area (TPSA) is 55.4 Å². The van der Waals surface area contributed by atoms with Crippen molar-refractivity contribution in [1.29, 1.82) is 0 Å². The van der Waals surface area contributed by atoms with Gasteiger partial charge in [-0.3, -0.25) is 4.79 Å². The molecule has 1 N–H and O–H groups in total. The van der Waals surface area contributed by atoms with E-state index >= 15 is 0 Å². The van der Waals surface area contributed by atoms with E-state index in [0.717, 1.165) is 22.3 Å². The van der Waals surface area contributed by atoms with Gasteiger partial charge in [0.15, 0.2) is 0 Å². The van der Waals surface area contributed by atoms with E-state index in [1.807, 2.05) is 43.3 Å². The van der Waals surface area contributed by atoms with Crippen molar-refractivity contribution < 1.29 is 14.3 Å². The fourth-order valence-corrected chi connectivity index (χ4v) is 3.33. The van der Waals surface area contributed by atoms with Crippen molar-refractivity contribution in [3.63, 3.8) is 0 Å². The highest BCUT2D eigenvalue weighted by Crippen LogP contribution is 2.26. The van der Waals surface area contributed by atoms with Crippen molar-refractivity contribution in [2.45, 2.75) is 33.2 Å². The summed E-state index contributed by atoms with van der Waals surface area (Å²) in [5.74, 6) is -0.164. The molecule has 0 aromatic heterocycles. The largest absolute Gasteiger partial charge is 0.466 e. The van der Waals surface area contributed by atoms with Crippen LogP contribution in [-0.4, -0.2) is 19.0 Å². The fraction of sp³-hybridized carbons (Fsp3) is 0.214. The van der Waals surface area contributed by atoms with Crippen LogP contribution in [0.1, 0.15) is 52.4 Å². The van der Waals surface area contributed by atoms with Crippen LogP contribution in [0.25, 0.3) is 17.2 Å². The molecule has 0 fully saturated rings. The Labute approximate surface area is 189 Å². The lowest BCUT2D eigenvalue weighted by Crippen LogP contribution is -2.22. The smallest absolute Gasteiger partial charge is 0.330 e. The van der Waals surface area contributed by atoms with E-state index in [1.54, 1.807) is 12.1 Å². The van der Waals surface area contributed by atoms with Crippen LogP contribution in [0.15, 0.2) is 72.8 Å². The summed E-state index contributed by atoms with van der Waals surface area (Å²) < 4.78 is 4.69. The molecule has 0 aliphatic rings. The van der Waals surface area contributed by atoms with Crippen LogP contribution in [0.2, 0.25) is 0 Å². The molecule has 0 aliphatic carbocycles. The van der Waals surface area contributed by atoms with Crippen molar-refractivity contribution in [2.24, 2.45) is 0 Å². The minimum Gasteiger partial charge on any atom is -0.466 e. The second-order valence-corrected chi connectivity index (χ2v) is 8.15.